The molecule has 2 fully saturated rings. The van der Waals surface area contributed by atoms with E-state index >= 15 is 0 Å². The summed E-state index contributed by atoms with van der Waals surface area (Å²) in [4.78, 5) is 50.2. The van der Waals surface area contributed by atoms with Crippen molar-refractivity contribution in [3.05, 3.63) is 40.9 Å². The van der Waals surface area contributed by atoms with Crippen molar-refractivity contribution < 1.29 is 23.9 Å². The van der Waals surface area contributed by atoms with Crippen LogP contribution in [0.2, 0.25) is 5.02 Å². The summed E-state index contributed by atoms with van der Waals surface area (Å²) in [6.07, 6.45) is 4.80. The Morgan fingerprint density at radius 3 is 2.46 bits per heavy atom. The summed E-state index contributed by atoms with van der Waals surface area (Å²) in [5, 5.41) is 3.12. The molecule has 1 heterocycles. The van der Waals surface area contributed by atoms with Crippen LogP contribution in [0.4, 0.5) is 5.69 Å². The van der Waals surface area contributed by atoms with E-state index in [-0.39, 0.29) is 35.5 Å². The number of ether oxygens (including phenoxy) is 1. The molecule has 1 saturated heterocycles. The summed E-state index contributed by atoms with van der Waals surface area (Å²) in [5.41, 5.74) is 1.22. The van der Waals surface area contributed by atoms with Crippen LogP contribution in [0.1, 0.15) is 12.0 Å². The second-order valence-electron chi connectivity index (χ2n) is 7.38. The minimum absolute atomic E-state index is 0.0826. The molecule has 1 N–H and O–H groups in total. The Bertz CT molecular complexity index is 882. The highest BCUT2D eigenvalue weighted by Crippen LogP contribution is 2.52. The van der Waals surface area contributed by atoms with Crippen molar-refractivity contribution in [3.8, 4) is 0 Å². The zero-order valence-electron chi connectivity index (χ0n) is 15.2. The third-order valence-electron chi connectivity index (χ3n) is 5.75. The maximum Gasteiger partial charge on any atom is 0.326 e. The minimum atomic E-state index is -0.792. The van der Waals surface area contributed by atoms with Gasteiger partial charge in [-0.1, -0.05) is 29.8 Å². The Hall–Kier alpha value is -2.67. The summed E-state index contributed by atoms with van der Waals surface area (Å²) < 4.78 is 4.95. The fourth-order valence-electron chi connectivity index (χ4n) is 4.37. The van der Waals surface area contributed by atoms with Crippen molar-refractivity contribution in [1.29, 1.82) is 0 Å². The molecule has 8 heteroatoms. The monoisotopic (exact) mass is 402 g/mol. The average molecular weight is 403 g/mol. The van der Waals surface area contributed by atoms with Crippen LogP contribution in [-0.2, 0) is 23.9 Å². The number of hydrogen-bond acceptors (Lipinski definition) is 5. The maximum atomic E-state index is 12.5. The molecule has 2 bridgehead atoms. The number of likely N-dealkylation sites (tertiary alicyclic amines) is 1. The van der Waals surface area contributed by atoms with Crippen LogP contribution in [0.5, 0.6) is 0 Å². The molecule has 0 spiro atoms. The number of imide groups is 1. The molecule has 1 aromatic rings. The molecule has 4 rings (SSSR count). The van der Waals surface area contributed by atoms with E-state index in [2.05, 4.69) is 5.32 Å². The van der Waals surface area contributed by atoms with Gasteiger partial charge in [0.2, 0.25) is 11.8 Å². The smallest absolute Gasteiger partial charge is 0.326 e. The van der Waals surface area contributed by atoms with Crippen LogP contribution in [0.25, 0.3) is 0 Å². The normalized spacial score (nSPS) is 27.3. The number of fused-ring (bicyclic) bond motifs is 5. The number of carbonyl (C=O) groups is 4. The van der Waals surface area contributed by atoms with E-state index < -0.39 is 25.0 Å². The van der Waals surface area contributed by atoms with E-state index in [1.54, 1.807) is 25.1 Å². The molecular formula is C20H19ClN2O5. The largest absolute Gasteiger partial charge is 0.454 e. The van der Waals surface area contributed by atoms with E-state index in [1.807, 2.05) is 12.2 Å². The van der Waals surface area contributed by atoms with Gasteiger partial charge in [0.25, 0.3) is 5.91 Å². The van der Waals surface area contributed by atoms with Gasteiger partial charge in [0.1, 0.15) is 6.54 Å². The molecule has 2 aliphatic carbocycles. The van der Waals surface area contributed by atoms with Gasteiger partial charge in [0.15, 0.2) is 6.61 Å². The number of benzene rings is 1. The fraction of sp³-hybridized carbons (Fsp3) is 0.400. The standard InChI is InChI=1S/C20H19ClN2O5/c1-10-13(21)3-2-4-14(10)22-15(24)9-28-16(25)8-23-19(26)17-11-5-6-12(7-11)18(17)20(23)27/h2-6,11-12,17-18H,7-9H2,1H3,(H,22,24)/t11-,12-,17-,18+/m1/s1. The predicted octanol–water partition coefficient (Wildman–Crippen LogP) is 1.94. The van der Waals surface area contributed by atoms with Gasteiger partial charge in [-0.15, -0.1) is 0 Å². The predicted molar refractivity (Wildman–Crippen MR) is 100 cm³/mol. The average Bonchev–Trinajstić information content (AvgIpc) is 3.34. The lowest BCUT2D eigenvalue weighted by Gasteiger charge is -2.16. The van der Waals surface area contributed by atoms with Crippen molar-refractivity contribution in [3.63, 3.8) is 0 Å². The summed E-state index contributed by atoms with van der Waals surface area (Å²) >= 11 is 6.00. The number of rotatable bonds is 5. The molecule has 28 heavy (non-hydrogen) atoms. The molecular weight excluding hydrogens is 384 g/mol. The fourth-order valence-corrected chi connectivity index (χ4v) is 4.54. The van der Waals surface area contributed by atoms with Crippen molar-refractivity contribution in [2.75, 3.05) is 18.5 Å². The summed E-state index contributed by atoms with van der Waals surface area (Å²) in [6, 6.07) is 5.08. The minimum Gasteiger partial charge on any atom is -0.454 e. The Labute approximate surface area is 166 Å². The Kier molecular flexibility index (Phi) is 4.71. The van der Waals surface area contributed by atoms with Crippen molar-refractivity contribution in [2.45, 2.75) is 13.3 Å². The van der Waals surface area contributed by atoms with Gasteiger partial charge >= 0.3 is 5.97 Å². The molecule has 0 radical (unpaired) electrons. The number of halogens is 1. The lowest BCUT2D eigenvalue weighted by molar-refractivity contribution is -0.154. The number of nitrogens with zero attached hydrogens (tertiary/aromatic N) is 1. The van der Waals surface area contributed by atoms with Gasteiger partial charge in [-0.05, 0) is 42.9 Å². The van der Waals surface area contributed by atoms with Gasteiger partial charge in [-0.25, -0.2) is 0 Å². The molecule has 3 amide bonds. The topological polar surface area (TPSA) is 92.8 Å². The SMILES string of the molecule is Cc1c(Cl)cccc1NC(=O)COC(=O)CN1C(=O)[C@@H]2[C@H](C1=O)[C@@H]1C=C[C@@H]2C1. The quantitative estimate of drug-likeness (QED) is 0.461. The zero-order valence-corrected chi connectivity index (χ0v) is 15.9. The molecule has 1 aliphatic heterocycles. The van der Waals surface area contributed by atoms with E-state index in [0.29, 0.717) is 16.3 Å². The number of anilines is 1. The van der Waals surface area contributed by atoms with Gasteiger partial charge in [0, 0.05) is 10.7 Å². The summed E-state index contributed by atoms with van der Waals surface area (Å²) in [5.74, 6) is -2.50. The van der Waals surface area contributed by atoms with E-state index in [4.69, 9.17) is 16.3 Å². The van der Waals surface area contributed by atoms with Crippen LogP contribution >= 0.6 is 11.6 Å². The third-order valence-corrected chi connectivity index (χ3v) is 6.16. The number of carbonyl (C=O) groups excluding carboxylic acids is 4. The first-order valence-corrected chi connectivity index (χ1v) is 9.48. The number of nitrogens with one attached hydrogen (secondary N) is 1. The van der Waals surface area contributed by atoms with Crippen molar-refractivity contribution in [2.24, 2.45) is 23.7 Å². The van der Waals surface area contributed by atoms with E-state index in [9.17, 15) is 19.2 Å². The lowest BCUT2D eigenvalue weighted by Crippen LogP contribution is -2.38. The molecule has 1 aromatic carbocycles. The van der Waals surface area contributed by atoms with Gasteiger partial charge < -0.3 is 10.1 Å². The molecule has 0 unspecified atom stereocenters. The number of amides is 3. The highest BCUT2D eigenvalue weighted by atomic mass is 35.5. The summed E-state index contributed by atoms with van der Waals surface area (Å²) in [7, 11) is 0. The Balaban J connectivity index is 1.30. The number of hydrogen-bond donors (Lipinski definition) is 1. The van der Waals surface area contributed by atoms with Crippen molar-refractivity contribution >= 4 is 41.0 Å². The van der Waals surface area contributed by atoms with Crippen LogP contribution < -0.4 is 5.32 Å². The molecule has 4 atom stereocenters. The van der Waals surface area contributed by atoms with E-state index in [0.717, 1.165) is 11.3 Å². The number of allylic oxidation sites excluding steroid dienone is 2. The molecule has 0 aromatic heterocycles. The molecule has 1 saturated carbocycles. The van der Waals surface area contributed by atoms with Gasteiger partial charge in [-0.2, -0.15) is 0 Å². The van der Waals surface area contributed by atoms with Gasteiger partial charge in [-0.3, -0.25) is 24.1 Å². The second-order valence-corrected chi connectivity index (χ2v) is 7.79. The first-order valence-electron chi connectivity index (χ1n) is 9.11. The molecule has 3 aliphatic rings. The van der Waals surface area contributed by atoms with Crippen LogP contribution in [0.3, 0.4) is 0 Å². The second kappa shape index (κ2) is 7.05. The number of esters is 1. The van der Waals surface area contributed by atoms with Crippen molar-refractivity contribution in [1.82, 2.24) is 4.90 Å². The summed E-state index contributed by atoms with van der Waals surface area (Å²) in [6.45, 7) is 0.779. The van der Waals surface area contributed by atoms with Gasteiger partial charge in [0.05, 0.1) is 11.8 Å². The Morgan fingerprint density at radius 2 is 1.82 bits per heavy atom. The van der Waals surface area contributed by atoms with Crippen LogP contribution in [0, 0.1) is 30.6 Å². The maximum absolute atomic E-state index is 12.5. The lowest BCUT2D eigenvalue weighted by atomic mass is 9.85. The molecule has 7 nitrogen and oxygen atoms in total. The first kappa shape index (κ1) is 18.7. The zero-order chi connectivity index (χ0) is 20.0. The Morgan fingerprint density at radius 1 is 1.18 bits per heavy atom. The highest BCUT2D eigenvalue weighted by Gasteiger charge is 2.59. The highest BCUT2D eigenvalue weighted by molar-refractivity contribution is 6.31. The van der Waals surface area contributed by atoms with E-state index in [1.165, 1.54) is 0 Å². The first-order chi connectivity index (χ1) is 13.4. The molecule has 146 valence electrons. The van der Waals surface area contributed by atoms with Crippen LogP contribution in [-0.4, -0.2) is 41.7 Å². The third kappa shape index (κ3) is 3.09. The van der Waals surface area contributed by atoms with Crippen LogP contribution in [0.15, 0.2) is 30.4 Å².